The maximum absolute atomic E-state index is 6.27. The van der Waals surface area contributed by atoms with E-state index in [-0.39, 0.29) is 0 Å². The molecule has 2 N–H and O–H groups in total. The van der Waals surface area contributed by atoms with E-state index in [4.69, 9.17) is 21.1 Å². The number of halogens is 1. The first-order valence-electron chi connectivity index (χ1n) is 10.7. The number of piperidine rings is 1. The molecule has 0 radical (unpaired) electrons. The highest BCUT2D eigenvalue weighted by Crippen LogP contribution is 2.35. The summed E-state index contributed by atoms with van der Waals surface area (Å²) in [5.74, 6) is 2.70. The van der Waals surface area contributed by atoms with Crippen LogP contribution in [0.4, 0.5) is 0 Å². The first kappa shape index (κ1) is 23.2. The second-order valence-electron chi connectivity index (χ2n) is 7.88. The maximum Gasteiger partial charge on any atom is 0.191 e. The van der Waals surface area contributed by atoms with Gasteiger partial charge in [-0.05, 0) is 67.7 Å². The van der Waals surface area contributed by atoms with Gasteiger partial charge in [-0.15, -0.1) is 0 Å². The number of nitrogens with zero attached hydrogens (tertiary/aromatic N) is 2. The molecule has 0 aliphatic carbocycles. The topological polar surface area (TPSA) is 58.1 Å². The largest absolute Gasteiger partial charge is 0.493 e. The fraction of sp³-hybridized carbons (Fsp3) is 0.458. The molecule has 1 saturated heterocycles. The first-order valence-corrected chi connectivity index (χ1v) is 11.0. The zero-order valence-corrected chi connectivity index (χ0v) is 19.6. The minimum absolute atomic E-state index is 0.337. The Labute approximate surface area is 190 Å². The van der Waals surface area contributed by atoms with Crippen molar-refractivity contribution in [2.24, 2.45) is 10.9 Å². The Bertz CT molecular complexity index is 890. The van der Waals surface area contributed by atoms with Crippen LogP contribution in [0.25, 0.3) is 0 Å². The van der Waals surface area contributed by atoms with Gasteiger partial charge in [0.05, 0.1) is 14.2 Å². The van der Waals surface area contributed by atoms with E-state index in [2.05, 4.69) is 39.7 Å². The molecule has 1 fully saturated rings. The molecule has 2 aromatic carbocycles. The lowest BCUT2D eigenvalue weighted by Crippen LogP contribution is -2.44. The maximum atomic E-state index is 6.27. The van der Waals surface area contributed by atoms with E-state index in [1.165, 1.54) is 18.4 Å². The molecule has 0 spiro atoms. The number of hydrogen-bond acceptors (Lipinski definition) is 4. The Hall–Kier alpha value is -2.44. The van der Waals surface area contributed by atoms with Crippen LogP contribution in [0.5, 0.6) is 11.5 Å². The van der Waals surface area contributed by atoms with Gasteiger partial charge < -0.3 is 20.1 Å². The van der Waals surface area contributed by atoms with Crippen molar-refractivity contribution >= 4 is 17.6 Å². The lowest BCUT2D eigenvalue weighted by atomic mass is 9.85. The van der Waals surface area contributed by atoms with Crippen molar-refractivity contribution in [2.75, 3.05) is 41.4 Å². The van der Waals surface area contributed by atoms with Crippen molar-refractivity contribution in [3.63, 3.8) is 0 Å². The van der Waals surface area contributed by atoms with E-state index >= 15 is 0 Å². The number of guanidine groups is 1. The molecular formula is C24H33ClN4O2. The van der Waals surface area contributed by atoms with Crippen LogP contribution >= 0.6 is 11.6 Å². The summed E-state index contributed by atoms with van der Waals surface area (Å²) in [7, 11) is 7.28. The second kappa shape index (κ2) is 11.3. The van der Waals surface area contributed by atoms with E-state index in [0.717, 1.165) is 41.1 Å². The van der Waals surface area contributed by atoms with Gasteiger partial charge in [-0.2, -0.15) is 0 Å². The molecule has 0 amide bonds. The third kappa shape index (κ3) is 6.05. The number of rotatable bonds is 7. The van der Waals surface area contributed by atoms with E-state index in [1.54, 1.807) is 21.3 Å². The Kier molecular flexibility index (Phi) is 8.43. The summed E-state index contributed by atoms with van der Waals surface area (Å²) in [5, 5.41) is 7.70. The summed E-state index contributed by atoms with van der Waals surface area (Å²) in [5.41, 5.74) is 2.37. The zero-order valence-electron chi connectivity index (χ0n) is 18.8. The van der Waals surface area contributed by atoms with Crippen LogP contribution in [0.2, 0.25) is 5.02 Å². The molecule has 2 unspecified atom stereocenters. The van der Waals surface area contributed by atoms with Gasteiger partial charge in [-0.1, -0.05) is 29.8 Å². The molecule has 0 bridgehead atoms. The zero-order chi connectivity index (χ0) is 22.2. The van der Waals surface area contributed by atoms with Crippen LogP contribution in [-0.4, -0.2) is 52.3 Å². The lowest BCUT2D eigenvalue weighted by molar-refractivity contribution is 0.122. The van der Waals surface area contributed by atoms with E-state index in [9.17, 15) is 0 Å². The molecule has 0 saturated carbocycles. The third-order valence-electron chi connectivity index (χ3n) is 5.86. The van der Waals surface area contributed by atoms with E-state index in [0.29, 0.717) is 18.5 Å². The Morgan fingerprint density at radius 2 is 1.94 bits per heavy atom. The minimum Gasteiger partial charge on any atom is -0.493 e. The molecule has 168 valence electrons. The first-order chi connectivity index (χ1) is 15.0. The van der Waals surface area contributed by atoms with Crippen molar-refractivity contribution < 1.29 is 9.47 Å². The van der Waals surface area contributed by atoms with Crippen molar-refractivity contribution in [3.8, 4) is 11.5 Å². The molecule has 1 aliphatic heterocycles. The van der Waals surface area contributed by atoms with E-state index < -0.39 is 0 Å². The Balaban J connectivity index is 1.61. The van der Waals surface area contributed by atoms with Gasteiger partial charge in [0.2, 0.25) is 0 Å². The van der Waals surface area contributed by atoms with Crippen LogP contribution in [-0.2, 0) is 6.54 Å². The molecular weight excluding hydrogens is 412 g/mol. The van der Waals surface area contributed by atoms with Gasteiger partial charge >= 0.3 is 0 Å². The van der Waals surface area contributed by atoms with Gasteiger partial charge in [0.25, 0.3) is 0 Å². The van der Waals surface area contributed by atoms with Crippen molar-refractivity contribution in [2.45, 2.75) is 25.4 Å². The van der Waals surface area contributed by atoms with Gasteiger partial charge in [-0.3, -0.25) is 9.89 Å². The van der Waals surface area contributed by atoms with E-state index in [1.807, 2.05) is 30.3 Å². The molecule has 2 aromatic rings. The number of hydrogen-bond donors (Lipinski definition) is 2. The molecule has 6 nitrogen and oxygen atoms in total. The quantitative estimate of drug-likeness (QED) is 0.497. The van der Waals surface area contributed by atoms with Crippen LogP contribution in [0.3, 0.4) is 0 Å². The smallest absolute Gasteiger partial charge is 0.191 e. The number of aliphatic imine (C=N–C) groups is 1. The number of nitrogens with one attached hydrogen (secondary N) is 2. The van der Waals surface area contributed by atoms with Crippen molar-refractivity contribution in [3.05, 3.63) is 58.6 Å². The number of ether oxygens (including phenoxy) is 2. The second-order valence-corrected chi connectivity index (χ2v) is 8.32. The molecule has 1 aliphatic rings. The SMILES string of the molecule is CN=C(NCc1ccc(OC)c(OC)c1)NCC1CCCN(C)C1c1cccc(Cl)c1. The van der Waals surface area contributed by atoms with Crippen LogP contribution in [0, 0.1) is 5.92 Å². The highest BCUT2D eigenvalue weighted by atomic mass is 35.5. The molecule has 1 heterocycles. The Morgan fingerprint density at radius 3 is 2.65 bits per heavy atom. The van der Waals surface area contributed by atoms with Gasteiger partial charge in [0.15, 0.2) is 17.5 Å². The van der Waals surface area contributed by atoms with Crippen LogP contribution in [0.15, 0.2) is 47.5 Å². The van der Waals surface area contributed by atoms with Gasteiger partial charge in [-0.25, -0.2) is 0 Å². The summed E-state index contributed by atoms with van der Waals surface area (Å²) >= 11 is 6.27. The van der Waals surface area contributed by atoms with Crippen molar-refractivity contribution in [1.29, 1.82) is 0 Å². The minimum atomic E-state index is 0.337. The summed E-state index contributed by atoms with van der Waals surface area (Å²) in [6, 6.07) is 14.5. The monoisotopic (exact) mass is 444 g/mol. The highest BCUT2D eigenvalue weighted by molar-refractivity contribution is 6.30. The predicted molar refractivity (Wildman–Crippen MR) is 127 cm³/mol. The normalized spacial score (nSPS) is 19.7. The fourth-order valence-corrected chi connectivity index (χ4v) is 4.51. The summed E-state index contributed by atoms with van der Waals surface area (Å²) < 4.78 is 10.7. The lowest BCUT2D eigenvalue weighted by Gasteiger charge is -2.40. The summed E-state index contributed by atoms with van der Waals surface area (Å²) in [6.07, 6.45) is 2.36. The molecule has 3 rings (SSSR count). The standard InChI is InChI=1S/C24H33ClN4O2/c1-26-24(27-15-17-10-11-21(30-3)22(13-17)31-4)28-16-19-8-6-12-29(2)23(19)18-7-5-9-20(25)14-18/h5,7,9-11,13-14,19,23H,6,8,12,15-16H2,1-4H3,(H2,26,27,28). The predicted octanol–water partition coefficient (Wildman–Crippen LogP) is 4.11. The van der Waals surface area contributed by atoms with Crippen molar-refractivity contribution in [1.82, 2.24) is 15.5 Å². The van der Waals surface area contributed by atoms with Gasteiger partial charge in [0.1, 0.15) is 0 Å². The molecule has 0 aromatic heterocycles. The average Bonchev–Trinajstić information content (AvgIpc) is 2.79. The average molecular weight is 445 g/mol. The fourth-order valence-electron chi connectivity index (χ4n) is 4.32. The van der Waals surface area contributed by atoms with Crippen LogP contribution < -0.4 is 20.1 Å². The van der Waals surface area contributed by atoms with Gasteiger partial charge in [0, 0.05) is 31.2 Å². The van der Waals surface area contributed by atoms with Crippen LogP contribution in [0.1, 0.15) is 30.0 Å². The summed E-state index contributed by atoms with van der Waals surface area (Å²) in [4.78, 5) is 6.83. The third-order valence-corrected chi connectivity index (χ3v) is 6.10. The molecule has 31 heavy (non-hydrogen) atoms. The highest BCUT2D eigenvalue weighted by Gasteiger charge is 2.30. The summed E-state index contributed by atoms with van der Waals surface area (Å²) in [6.45, 7) is 2.58. The number of benzene rings is 2. The molecule has 7 heteroatoms. The number of methoxy groups -OCH3 is 2. The number of likely N-dealkylation sites (tertiary alicyclic amines) is 1. The Morgan fingerprint density at radius 1 is 1.13 bits per heavy atom. The molecule has 2 atom stereocenters.